The van der Waals surface area contributed by atoms with E-state index >= 15 is 0 Å². The number of halogens is 6. The number of piperidine rings is 2. The molecule has 39 heavy (non-hydrogen) atoms. The minimum absolute atomic E-state index is 0.00953. The highest BCUT2D eigenvalue weighted by atomic mass is 19.4. The summed E-state index contributed by atoms with van der Waals surface area (Å²) in [6.07, 6.45) is -5.91. The van der Waals surface area contributed by atoms with Gasteiger partial charge in [0.05, 0.1) is 17.9 Å². The lowest BCUT2D eigenvalue weighted by Gasteiger charge is -2.51. The van der Waals surface area contributed by atoms with Crippen molar-refractivity contribution in [3.63, 3.8) is 0 Å². The number of aliphatic carboxylic acids is 1. The van der Waals surface area contributed by atoms with Gasteiger partial charge in [-0.2, -0.15) is 26.3 Å². The number of rotatable bonds is 5. The quantitative estimate of drug-likeness (QED) is 0.377. The molecule has 5 rings (SSSR count). The van der Waals surface area contributed by atoms with E-state index < -0.39 is 35.9 Å². The molecule has 0 spiro atoms. The topological polar surface area (TPSA) is 49.8 Å². The van der Waals surface area contributed by atoms with Gasteiger partial charge in [0.25, 0.3) is 0 Å². The van der Waals surface area contributed by atoms with Crippen molar-refractivity contribution in [2.45, 2.75) is 101 Å². The molecule has 2 bridgehead atoms. The molecular formula is C29H33F6NO3. The van der Waals surface area contributed by atoms with Crippen molar-refractivity contribution >= 4 is 16.7 Å². The Morgan fingerprint density at radius 3 is 2.15 bits per heavy atom. The van der Waals surface area contributed by atoms with Crippen molar-refractivity contribution in [1.29, 1.82) is 0 Å². The van der Waals surface area contributed by atoms with Crippen LogP contribution in [0.5, 0.6) is 5.75 Å². The molecule has 2 saturated heterocycles. The van der Waals surface area contributed by atoms with Gasteiger partial charge in [-0.3, -0.25) is 9.69 Å². The van der Waals surface area contributed by atoms with E-state index in [1.807, 2.05) is 6.92 Å². The number of carbonyl (C=O) groups is 1. The third kappa shape index (κ3) is 5.72. The number of nitrogens with zero attached hydrogens (tertiary/aromatic N) is 1. The molecule has 3 unspecified atom stereocenters. The molecule has 1 saturated carbocycles. The highest BCUT2D eigenvalue weighted by molar-refractivity contribution is 5.89. The van der Waals surface area contributed by atoms with Crippen molar-refractivity contribution in [1.82, 2.24) is 4.90 Å². The van der Waals surface area contributed by atoms with E-state index in [4.69, 9.17) is 4.74 Å². The van der Waals surface area contributed by atoms with Crippen LogP contribution in [0.25, 0.3) is 10.8 Å². The first-order chi connectivity index (χ1) is 18.3. The van der Waals surface area contributed by atoms with Crippen LogP contribution in [0.2, 0.25) is 0 Å². The lowest BCUT2D eigenvalue weighted by molar-refractivity contribution is -0.185. The minimum atomic E-state index is -4.71. The van der Waals surface area contributed by atoms with Crippen molar-refractivity contribution in [2.75, 3.05) is 0 Å². The Kier molecular flexibility index (Phi) is 7.54. The molecule has 4 nitrogen and oxygen atoms in total. The number of hydrogen-bond donors (Lipinski definition) is 1. The van der Waals surface area contributed by atoms with Crippen LogP contribution >= 0.6 is 0 Å². The van der Waals surface area contributed by atoms with Gasteiger partial charge in [-0.15, -0.1) is 0 Å². The summed E-state index contributed by atoms with van der Waals surface area (Å²) in [5, 5.41) is 9.95. The molecule has 3 fully saturated rings. The fourth-order valence-electron chi connectivity index (χ4n) is 7.09. The van der Waals surface area contributed by atoms with Crippen molar-refractivity contribution in [2.24, 2.45) is 11.8 Å². The Bertz CT molecular complexity index is 1190. The zero-order valence-electron chi connectivity index (χ0n) is 21.7. The van der Waals surface area contributed by atoms with Crippen LogP contribution in [0.15, 0.2) is 30.3 Å². The number of benzene rings is 2. The SMILES string of the molecule is CC(c1ccc2c(C(F)(F)F)c(OC3CCC(C(F)(F)F)CC3)ccc2c1)N1C2CCCC1CC(C(=O)O)C2. The summed E-state index contributed by atoms with van der Waals surface area (Å²) < 4.78 is 87.5. The second-order valence-electron chi connectivity index (χ2n) is 11.4. The summed E-state index contributed by atoms with van der Waals surface area (Å²) in [5.74, 6) is -2.92. The van der Waals surface area contributed by atoms with Crippen molar-refractivity contribution in [3.05, 3.63) is 41.5 Å². The third-order valence-corrected chi connectivity index (χ3v) is 9.03. The maximum absolute atomic E-state index is 14.3. The zero-order valence-corrected chi connectivity index (χ0v) is 21.7. The maximum atomic E-state index is 14.3. The fraction of sp³-hybridized carbons (Fsp3) is 0.621. The zero-order chi connectivity index (χ0) is 28.1. The van der Waals surface area contributed by atoms with Crippen LogP contribution in [0, 0.1) is 11.8 Å². The summed E-state index contributed by atoms with van der Waals surface area (Å²) in [4.78, 5) is 14.0. The molecule has 214 valence electrons. The van der Waals surface area contributed by atoms with Gasteiger partial charge in [-0.05, 0) is 86.8 Å². The minimum Gasteiger partial charge on any atom is -0.490 e. The van der Waals surface area contributed by atoms with Crippen molar-refractivity contribution < 1.29 is 41.0 Å². The van der Waals surface area contributed by atoms with Gasteiger partial charge < -0.3 is 9.84 Å². The first kappa shape index (κ1) is 28.1. The molecule has 2 aromatic carbocycles. The number of alkyl halides is 6. The Balaban J connectivity index is 1.40. The molecule has 3 atom stereocenters. The van der Waals surface area contributed by atoms with Gasteiger partial charge in [0.2, 0.25) is 0 Å². The fourth-order valence-corrected chi connectivity index (χ4v) is 7.09. The van der Waals surface area contributed by atoms with E-state index in [1.165, 1.54) is 12.1 Å². The first-order valence-electron chi connectivity index (χ1n) is 13.7. The third-order valence-electron chi connectivity index (χ3n) is 9.03. The molecular weight excluding hydrogens is 524 g/mol. The van der Waals surface area contributed by atoms with Crippen LogP contribution in [0.4, 0.5) is 26.3 Å². The first-order valence-corrected chi connectivity index (χ1v) is 13.7. The van der Waals surface area contributed by atoms with E-state index in [1.54, 1.807) is 18.2 Å². The summed E-state index contributed by atoms with van der Waals surface area (Å²) >= 11 is 0. The average Bonchev–Trinajstić information content (AvgIpc) is 2.86. The van der Waals surface area contributed by atoms with Gasteiger partial charge in [0, 0.05) is 18.1 Å². The molecule has 0 amide bonds. The number of carboxylic acids is 1. The smallest absolute Gasteiger partial charge is 0.420 e. The predicted molar refractivity (Wildman–Crippen MR) is 133 cm³/mol. The molecule has 3 aliphatic rings. The molecule has 2 heterocycles. The Morgan fingerprint density at radius 2 is 1.59 bits per heavy atom. The maximum Gasteiger partial charge on any atom is 0.420 e. The molecule has 10 heteroatoms. The lowest BCUT2D eigenvalue weighted by Crippen LogP contribution is -2.53. The normalized spacial score (nSPS) is 29.3. The second-order valence-corrected chi connectivity index (χ2v) is 11.4. The molecule has 0 aromatic heterocycles. The van der Waals surface area contributed by atoms with Gasteiger partial charge in [-0.25, -0.2) is 0 Å². The summed E-state index contributed by atoms with van der Waals surface area (Å²) in [5.41, 5.74) is -0.0447. The Morgan fingerprint density at radius 1 is 0.949 bits per heavy atom. The molecule has 2 aliphatic heterocycles. The summed E-state index contributed by atoms with van der Waals surface area (Å²) in [6, 6.07) is 7.92. The van der Waals surface area contributed by atoms with Crippen LogP contribution < -0.4 is 4.74 Å². The van der Waals surface area contributed by atoms with Gasteiger partial charge in [0.15, 0.2) is 0 Å². The highest BCUT2D eigenvalue weighted by Gasteiger charge is 2.44. The van der Waals surface area contributed by atoms with E-state index in [2.05, 4.69) is 4.90 Å². The van der Waals surface area contributed by atoms with Gasteiger partial charge >= 0.3 is 18.3 Å². The second kappa shape index (κ2) is 10.5. The summed E-state index contributed by atoms with van der Waals surface area (Å²) in [7, 11) is 0. The Labute approximate surface area is 223 Å². The standard InChI is InChI=1S/C29H33F6NO3/c1-16(36-21-3-2-4-22(36)15-19(14-21)27(37)38)17-5-11-24-18(13-17)6-12-25(26(24)29(33,34)35)39-23-9-7-20(8-10-23)28(30,31)32/h5-6,11-13,16,19-23H,2-4,7-10,14-15H2,1H3,(H,37,38). The van der Waals surface area contributed by atoms with E-state index in [-0.39, 0.29) is 60.9 Å². The lowest BCUT2D eigenvalue weighted by atomic mass is 9.77. The average molecular weight is 558 g/mol. The predicted octanol–water partition coefficient (Wildman–Crippen LogP) is 8.14. The molecule has 2 aromatic rings. The highest BCUT2D eigenvalue weighted by Crippen LogP contribution is 2.46. The molecule has 0 radical (unpaired) electrons. The van der Waals surface area contributed by atoms with Gasteiger partial charge in [-0.1, -0.05) is 24.6 Å². The molecule has 1 aliphatic carbocycles. The van der Waals surface area contributed by atoms with Crippen LogP contribution in [-0.4, -0.2) is 40.3 Å². The number of fused-ring (bicyclic) bond motifs is 3. The Hall–Kier alpha value is -2.49. The van der Waals surface area contributed by atoms with E-state index in [0.29, 0.717) is 18.2 Å². The van der Waals surface area contributed by atoms with Crippen LogP contribution in [0.1, 0.15) is 81.9 Å². The van der Waals surface area contributed by atoms with E-state index in [0.717, 1.165) is 24.8 Å². The summed E-state index contributed by atoms with van der Waals surface area (Å²) in [6.45, 7) is 2.02. The number of hydrogen-bond acceptors (Lipinski definition) is 3. The largest absolute Gasteiger partial charge is 0.490 e. The number of ether oxygens (including phenoxy) is 1. The van der Waals surface area contributed by atoms with Crippen LogP contribution in [0.3, 0.4) is 0 Å². The molecule has 1 N–H and O–H groups in total. The van der Waals surface area contributed by atoms with E-state index in [9.17, 15) is 36.2 Å². The van der Waals surface area contributed by atoms with Crippen LogP contribution in [-0.2, 0) is 11.0 Å². The van der Waals surface area contributed by atoms with Gasteiger partial charge in [0.1, 0.15) is 11.3 Å². The number of carboxylic acid groups (broad SMARTS) is 1. The monoisotopic (exact) mass is 557 g/mol. The van der Waals surface area contributed by atoms with Crippen molar-refractivity contribution in [3.8, 4) is 5.75 Å².